The number of pyridine rings is 1. The van der Waals surface area contributed by atoms with Gasteiger partial charge in [0.15, 0.2) is 0 Å². The fraction of sp³-hybridized carbons (Fsp3) is 0.615. The zero-order valence-electron chi connectivity index (χ0n) is 10.8. The summed E-state index contributed by atoms with van der Waals surface area (Å²) in [6.07, 6.45) is 2.24. The topological polar surface area (TPSA) is 40.6 Å². The summed E-state index contributed by atoms with van der Waals surface area (Å²) >= 11 is 0. The molecule has 1 rings (SSSR count). The van der Waals surface area contributed by atoms with Gasteiger partial charge >= 0.3 is 0 Å². The molecule has 0 unspecified atom stereocenters. The minimum absolute atomic E-state index is 0.489. The van der Waals surface area contributed by atoms with Crippen LogP contribution in [0.25, 0.3) is 0 Å². The molecule has 0 saturated carbocycles. The van der Waals surface area contributed by atoms with Gasteiger partial charge in [0.05, 0.1) is 6.42 Å². The zero-order valence-corrected chi connectivity index (χ0v) is 10.8. The minimum Gasteiger partial charge on any atom is -0.327 e. The molecule has 0 N–H and O–H groups in total. The summed E-state index contributed by atoms with van der Waals surface area (Å²) in [6, 6.07) is 5.76. The van der Waals surface area contributed by atoms with E-state index in [9.17, 15) is 0 Å². The van der Waals surface area contributed by atoms with Crippen molar-refractivity contribution in [3.05, 3.63) is 30.1 Å². The van der Waals surface area contributed by atoms with Gasteiger partial charge < -0.3 is 14.2 Å². The van der Waals surface area contributed by atoms with Crippen molar-refractivity contribution in [3.8, 4) is 0 Å². The van der Waals surface area contributed by atoms with Crippen molar-refractivity contribution in [2.75, 3.05) is 19.8 Å². The normalized spacial score (nSPS) is 11.7. The lowest BCUT2D eigenvalue weighted by Gasteiger charge is -2.32. The quantitative estimate of drug-likeness (QED) is 0.653. The smallest absolute Gasteiger partial charge is 0.288 e. The standard InChI is InChI=1S/C13H21NO3/c1-4-15-13(16-5-2,17-6-3)11-12-9-7-8-10-14-12/h7-10H,4-6,11H2,1-3H3. The molecule has 0 atom stereocenters. The first-order valence-electron chi connectivity index (χ1n) is 6.08. The van der Waals surface area contributed by atoms with Crippen molar-refractivity contribution in [1.82, 2.24) is 4.98 Å². The summed E-state index contributed by atoms with van der Waals surface area (Å²) in [5.74, 6) is -1.01. The maximum absolute atomic E-state index is 5.63. The van der Waals surface area contributed by atoms with Gasteiger partial charge in [0.1, 0.15) is 0 Å². The fourth-order valence-corrected chi connectivity index (χ4v) is 1.66. The first-order chi connectivity index (χ1) is 8.26. The zero-order chi connectivity index (χ0) is 12.6. The molecular weight excluding hydrogens is 218 g/mol. The second-order valence-corrected chi connectivity index (χ2v) is 3.48. The van der Waals surface area contributed by atoms with Gasteiger partial charge in [-0.3, -0.25) is 4.98 Å². The summed E-state index contributed by atoms with van der Waals surface area (Å²) in [7, 11) is 0. The van der Waals surface area contributed by atoms with Crippen LogP contribution in [0, 0.1) is 0 Å². The van der Waals surface area contributed by atoms with Crippen LogP contribution in [0.1, 0.15) is 26.5 Å². The Kier molecular flexibility index (Phi) is 6.11. The Morgan fingerprint density at radius 3 is 2.00 bits per heavy atom. The van der Waals surface area contributed by atoms with Crippen LogP contribution in [0.5, 0.6) is 0 Å². The highest BCUT2D eigenvalue weighted by Gasteiger charge is 2.33. The highest BCUT2D eigenvalue weighted by molar-refractivity contribution is 5.05. The van der Waals surface area contributed by atoms with Gasteiger partial charge in [-0.1, -0.05) is 6.07 Å². The van der Waals surface area contributed by atoms with E-state index < -0.39 is 5.97 Å². The van der Waals surface area contributed by atoms with Crippen molar-refractivity contribution < 1.29 is 14.2 Å². The highest BCUT2D eigenvalue weighted by atomic mass is 16.9. The van der Waals surface area contributed by atoms with Crippen LogP contribution in [-0.4, -0.2) is 30.8 Å². The Labute approximate surface area is 103 Å². The molecule has 1 aromatic heterocycles. The van der Waals surface area contributed by atoms with Gasteiger partial charge in [0.2, 0.25) is 0 Å². The molecule has 4 heteroatoms. The van der Waals surface area contributed by atoms with Crippen molar-refractivity contribution in [1.29, 1.82) is 0 Å². The molecule has 0 saturated heterocycles. The number of nitrogens with zero attached hydrogens (tertiary/aromatic N) is 1. The van der Waals surface area contributed by atoms with Crippen LogP contribution < -0.4 is 0 Å². The summed E-state index contributed by atoms with van der Waals surface area (Å²) in [4.78, 5) is 4.27. The lowest BCUT2D eigenvalue weighted by molar-refractivity contribution is -0.376. The van der Waals surface area contributed by atoms with E-state index >= 15 is 0 Å². The van der Waals surface area contributed by atoms with Crippen molar-refractivity contribution >= 4 is 0 Å². The van der Waals surface area contributed by atoms with Crippen LogP contribution in [0.3, 0.4) is 0 Å². The number of hydrogen-bond donors (Lipinski definition) is 0. The third kappa shape index (κ3) is 4.42. The van der Waals surface area contributed by atoms with E-state index in [0.717, 1.165) is 5.69 Å². The van der Waals surface area contributed by atoms with Crippen molar-refractivity contribution in [3.63, 3.8) is 0 Å². The van der Waals surface area contributed by atoms with E-state index in [1.165, 1.54) is 0 Å². The average molecular weight is 239 g/mol. The second-order valence-electron chi connectivity index (χ2n) is 3.48. The number of hydrogen-bond acceptors (Lipinski definition) is 4. The molecule has 0 fully saturated rings. The Balaban J connectivity index is 2.80. The molecule has 0 aliphatic carbocycles. The summed E-state index contributed by atoms with van der Waals surface area (Å²) in [5.41, 5.74) is 0.892. The van der Waals surface area contributed by atoms with E-state index in [1.807, 2.05) is 39.0 Å². The fourth-order valence-electron chi connectivity index (χ4n) is 1.66. The van der Waals surface area contributed by atoms with E-state index in [1.54, 1.807) is 6.20 Å². The summed E-state index contributed by atoms with van der Waals surface area (Å²) < 4.78 is 16.9. The Morgan fingerprint density at radius 1 is 1.00 bits per heavy atom. The maximum atomic E-state index is 5.63. The van der Waals surface area contributed by atoms with Crippen molar-refractivity contribution in [2.45, 2.75) is 33.2 Å². The first kappa shape index (κ1) is 14.1. The van der Waals surface area contributed by atoms with Gasteiger partial charge in [-0.2, -0.15) is 0 Å². The molecule has 0 aliphatic heterocycles. The SMILES string of the molecule is CCOC(Cc1ccccn1)(OCC)OCC. The predicted octanol–water partition coefficient (Wildman–Crippen LogP) is 2.39. The van der Waals surface area contributed by atoms with Crippen molar-refractivity contribution in [2.24, 2.45) is 0 Å². The number of ether oxygens (including phenoxy) is 3. The number of rotatable bonds is 8. The van der Waals surface area contributed by atoms with E-state index in [2.05, 4.69) is 4.98 Å². The molecule has 0 bridgehead atoms. The van der Waals surface area contributed by atoms with Gasteiger partial charge in [-0.15, -0.1) is 0 Å². The molecule has 0 spiro atoms. The largest absolute Gasteiger partial charge is 0.327 e. The van der Waals surface area contributed by atoms with Gasteiger partial charge in [0, 0.05) is 31.7 Å². The average Bonchev–Trinajstić information content (AvgIpc) is 2.31. The van der Waals surface area contributed by atoms with Crippen LogP contribution in [0.4, 0.5) is 0 Å². The highest BCUT2D eigenvalue weighted by Crippen LogP contribution is 2.20. The lowest BCUT2D eigenvalue weighted by atomic mass is 10.2. The third-order valence-electron chi connectivity index (χ3n) is 2.22. The molecule has 4 nitrogen and oxygen atoms in total. The van der Waals surface area contributed by atoms with Crippen LogP contribution >= 0.6 is 0 Å². The molecular formula is C13H21NO3. The Hall–Kier alpha value is -0.970. The maximum Gasteiger partial charge on any atom is 0.288 e. The van der Waals surface area contributed by atoms with Gasteiger partial charge in [-0.05, 0) is 32.9 Å². The molecule has 96 valence electrons. The van der Waals surface area contributed by atoms with Crippen LogP contribution in [-0.2, 0) is 20.6 Å². The van der Waals surface area contributed by atoms with E-state index in [-0.39, 0.29) is 0 Å². The van der Waals surface area contributed by atoms with Gasteiger partial charge in [-0.25, -0.2) is 0 Å². The molecule has 1 heterocycles. The van der Waals surface area contributed by atoms with Gasteiger partial charge in [0.25, 0.3) is 5.97 Å². The minimum atomic E-state index is -1.01. The predicted molar refractivity (Wildman–Crippen MR) is 65.6 cm³/mol. The second kappa shape index (κ2) is 7.37. The monoisotopic (exact) mass is 239 g/mol. The molecule has 1 aromatic rings. The molecule has 0 amide bonds. The molecule has 0 aliphatic rings. The van der Waals surface area contributed by atoms with E-state index in [0.29, 0.717) is 26.2 Å². The lowest BCUT2D eigenvalue weighted by Crippen LogP contribution is -2.42. The first-order valence-corrected chi connectivity index (χ1v) is 6.08. The Morgan fingerprint density at radius 2 is 1.59 bits per heavy atom. The Bertz CT molecular complexity index is 286. The summed E-state index contributed by atoms with van der Waals surface area (Å²) in [5, 5.41) is 0. The van der Waals surface area contributed by atoms with Crippen LogP contribution in [0.15, 0.2) is 24.4 Å². The third-order valence-corrected chi connectivity index (χ3v) is 2.22. The molecule has 0 radical (unpaired) electrons. The summed E-state index contributed by atoms with van der Waals surface area (Å²) in [6.45, 7) is 7.37. The molecule has 17 heavy (non-hydrogen) atoms. The van der Waals surface area contributed by atoms with Crippen LogP contribution in [0.2, 0.25) is 0 Å². The number of aromatic nitrogens is 1. The van der Waals surface area contributed by atoms with E-state index in [4.69, 9.17) is 14.2 Å². The molecule has 0 aromatic carbocycles.